The van der Waals surface area contributed by atoms with Crippen molar-refractivity contribution in [3.8, 4) is 0 Å². The number of allylic oxidation sites excluding steroid dienone is 20. The molecule has 0 fully saturated rings. The Morgan fingerprint density at radius 2 is 0.520 bits per heavy atom. The molecule has 0 aromatic carbocycles. The predicted molar refractivity (Wildman–Crippen MR) is 325 cm³/mol. The van der Waals surface area contributed by atoms with E-state index < -0.39 is 6.10 Å². The lowest BCUT2D eigenvalue weighted by atomic mass is 10.0. The van der Waals surface area contributed by atoms with E-state index in [1.54, 1.807) is 0 Å². The summed E-state index contributed by atoms with van der Waals surface area (Å²) in [5, 5.41) is 0. The van der Waals surface area contributed by atoms with Crippen LogP contribution in [0.15, 0.2) is 122 Å². The number of hydrogen-bond donors (Lipinski definition) is 0. The van der Waals surface area contributed by atoms with Gasteiger partial charge < -0.3 is 14.2 Å². The molecule has 0 aromatic heterocycles. The number of unbranched alkanes of at least 4 members (excludes halogenated alkanes) is 24. The van der Waals surface area contributed by atoms with Gasteiger partial charge in [-0.1, -0.05) is 251 Å². The SMILES string of the molecule is CC/C=C\C/C=C\C/C=C\C/C=C\CCCCCCCCCCCCCCC(=O)OCC(COC(=O)CCCCCCC/C=C\C/C=C\CCCCC)OC(=O)CCCCCC/C=C\C/C=C\C/C=C\C/C=C\CC. The largest absolute Gasteiger partial charge is 0.462 e. The fourth-order valence-corrected chi connectivity index (χ4v) is 8.34. The van der Waals surface area contributed by atoms with E-state index in [4.69, 9.17) is 14.2 Å². The Kier molecular flexibility index (Phi) is 58.9. The molecule has 0 heterocycles. The topological polar surface area (TPSA) is 78.9 Å². The molecule has 1 atom stereocenters. The number of hydrogen-bond acceptors (Lipinski definition) is 6. The highest BCUT2D eigenvalue weighted by Gasteiger charge is 2.19. The van der Waals surface area contributed by atoms with E-state index in [1.165, 1.54) is 89.9 Å². The molecular weight excluding hydrogens is 925 g/mol. The number of carbonyl (C=O) groups is 3. The Morgan fingerprint density at radius 3 is 0.813 bits per heavy atom. The van der Waals surface area contributed by atoms with E-state index in [1.807, 2.05) is 0 Å². The minimum atomic E-state index is -0.802. The summed E-state index contributed by atoms with van der Waals surface area (Å²) in [6.45, 7) is 6.36. The lowest BCUT2D eigenvalue weighted by Gasteiger charge is -2.18. The molecule has 0 radical (unpaired) electrons. The van der Waals surface area contributed by atoms with Gasteiger partial charge in [-0.2, -0.15) is 0 Å². The molecule has 75 heavy (non-hydrogen) atoms. The van der Waals surface area contributed by atoms with Crippen molar-refractivity contribution in [3.05, 3.63) is 122 Å². The van der Waals surface area contributed by atoms with Gasteiger partial charge in [-0.3, -0.25) is 14.4 Å². The third-order valence-corrected chi connectivity index (χ3v) is 12.9. The third kappa shape index (κ3) is 60.6. The molecule has 0 saturated heterocycles. The predicted octanol–water partition coefficient (Wildman–Crippen LogP) is 21.2. The summed E-state index contributed by atoms with van der Waals surface area (Å²) in [5.74, 6) is -0.932. The maximum Gasteiger partial charge on any atom is 0.306 e. The zero-order valence-electron chi connectivity index (χ0n) is 48.8. The van der Waals surface area contributed by atoms with Crippen LogP contribution in [-0.2, 0) is 28.6 Å². The van der Waals surface area contributed by atoms with Crippen LogP contribution in [0.25, 0.3) is 0 Å². The van der Waals surface area contributed by atoms with Crippen LogP contribution in [-0.4, -0.2) is 37.2 Å². The molecule has 1 unspecified atom stereocenters. The van der Waals surface area contributed by atoms with Crippen molar-refractivity contribution in [2.45, 2.75) is 284 Å². The summed E-state index contributed by atoms with van der Waals surface area (Å²) in [7, 11) is 0. The highest BCUT2D eigenvalue weighted by molar-refractivity contribution is 5.71. The van der Waals surface area contributed by atoms with Crippen molar-refractivity contribution < 1.29 is 28.6 Å². The maximum absolute atomic E-state index is 12.9. The smallest absolute Gasteiger partial charge is 0.306 e. The van der Waals surface area contributed by atoms with Crippen molar-refractivity contribution in [2.24, 2.45) is 0 Å². The van der Waals surface area contributed by atoms with Gasteiger partial charge >= 0.3 is 17.9 Å². The molecule has 6 heteroatoms. The Hall–Kier alpha value is -4.19. The summed E-state index contributed by atoms with van der Waals surface area (Å²) < 4.78 is 16.9. The highest BCUT2D eigenvalue weighted by atomic mass is 16.6. The van der Waals surface area contributed by atoms with Crippen molar-refractivity contribution in [1.29, 1.82) is 0 Å². The van der Waals surface area contributed by atoms with Crippen LogP contribution in [0.4, 0.5) is 0 Å². The normalized spacial score (nSPS) is 12.9. The molecule has 0 spiro atoms. The quantitative estimate of drug-likeness (QED) is 0.0261. The summed E-state index contributed by atoms with van der Waals surface area (Å²) >= 11 is 0. The van der Waals surface area contributed by atoms with Gasteiger partial charge in [0.25, 0.3) is 0 Å². The summed E-state index contributed by atoms with van der Waals surface area (Å²) in [5.41, 5.74) is 0. The lowest BCUT2D eigenvalue weighted by molar-refractivity contribution is -0.167. The van der Waals surface area contributed by atoms with Crippen LogP contribution in [0.3, 0.4) is 0 Å². The van der Waals surface area contributed by atoms with Crippen LogP contribution in [0, 0.1) is 0 Å². The van der Waals surface area contributed by atoms with E-state index in [-0.39, 0.29) is 31.1 Å². The van der Waals surface area contributed by atoms with Crippen LogP contribution in [0.1, 0.15) is 278 Å². The molecule has 0 N–H and O–H groups in total. The lowest BCUT2D eigenvalue weighted by Crippen LogP contribution is -2.30. The Morgan fingerprint density at radius 1 is 0.280 bits per heavy atom. The van der Waals surface area contributed by atoms with E-state index in [9.17, 15) is 14.4 Å². The van der Waals surface area contributed by atoms with Crippen LogP contribution >= 0.6 is 0 Å². The molecule has 0 aliphatic heterocycles. The van der Waals surface area contributed by atoms with E-state index in [0.29, 0.717) is 19.3 Å². The third-order valence-electron chi connectivity index (χ3n) is 12.9. The van der Waals surface area contributed by atoms with Gasteiger partial charge in [0, 0.05) is 19.3 Å². The number of ether oxygens (including phenoxy) is 3. The van der Waals surface area contributed by atoms with E-state index in [0.717, 1.165) is 148 Å². The Bertz CT molecular complexity index is 1570. The monoisotopic (exact) mass is 1040 g/mol. The zero-order valence-corrected chi connectivity index (χ0v) is 48.8. The number of esters is 3. The Labute approximate surface area is 462 Å². The number of rotatable bonds is 55. The van der Waals surface area contributed by atoms with Gasteiger partial charge in [-0.25, -0.2) is 0 Å². The fourth-order valence-electron chi connectivity index (χ4n) is 8.34. The fraction of sp³-hybridized carbons (Fsp3) is 0.667. The van der Waals surface area contributed by atoms with Crippen LogP contribution in [0.2, 0.25) is 0 Å². The molecule has 0 saturated carbocycles. The first-order valence-electron chi connectivity index (χ1n) is 31.0. The molecule has 0 aliphatic carbocycles. The molecule has 6 nitrogen and oxygen atoms in total. The molecule has 0 rings (SSSR count). The first kappa shape index (κ1) is 70.8. The maximum atomic E-state index is 12.9. The van der Waals surface area contributed by atoms with Crippen molar-refractivity contribution in [3.63, 3.8) is 0 Å². The highest BCUT2D eigenvalue weighted by Crippen LogP contribution is 2.15. The second-order valence-corrected chi connectivity index (χ2v) is 20.2. The average molecular weight is 1040 g/mol. The standard InChI is InChI=1S/C69H114O6/c1-4-7-10-13-16-19-22-25-28-30-31-32-33-34-35-36-37-39-41-44-47-50-53-56-59-62-68(71)74-65-66(64-73-67(70)61-58-55-52-49-46-43-40-27-24-21-18-15-12-9-6-3)75-69(72)63-60-57-54-51-48-45-42-38-29-26-23-20-17-14-11-8-5-2/h7-8,10-11,16-21,25-29,31-32,40,42,45,66H,4-6,9,12-15,22-24,30,33-39,41,43-44,46-65H2,1-3H3/b10-7-,11-8-,19-16-,20-17-,21-18-,28-25-,29-26-,32-31-,40-27-,45-42-. The molecule has 426 valence electrons. The Balaban J connectivity index is 4.39. The summed E-state index contributed by atoms with van der Waals surface area (Å²) in [6, 6.07) is 0. The molecule has 0 amide bonds. The van der Waals surface area contributed by atoms with Crippen molar-refractivity contribution >= 4 is 17.9 Å². The van der Waals surface area contributed by atoms with Gasteiger partial charge in [0.15, 0.2) is 6.10 Å². The molecule has 0 aromatic rings. The second kappa shape index (κ2) is 62.4. The van der Waals surface area contributed by atoms with Gasteiger partial charge in [0.1, 0.15) is 13.2 Å². The van der Waals surface area contributed by atoms with Gasteiger partial charge in [-0.15, -0.1) is 0 Å². The van der Waals surface area contributed by atoms with Crippen molar-refractivity contribution in [2.75, 3.05) is 13.2 Å². The average Bonchev–Trinajstić information content (AvgIpc) is 3.41. The van der Waals surface area contributed by atoms with Gasteiger partial charge in [-0.05, 0) is 128 Å². The summed E-state index contributed by atoms with van der Waals surface area (Å²) in [4.78, 5) is 38.3. The minimum absolute atomic E-state index is 0.0955. The van der Waals surface area contributed by atoms with E-state index in [2.05, 4.69) is 142 Å². The molecule has 0 bridgehead atoms. The first-order chi connectivity index (χ1) is 37.0. The van der Waals surface area contributed by atoms with Crippen LogP contribution < -0.4 is 0 Å². The summed E-state index contributed by atoms with van der Waals surface area (Å²) in [6.07, 6.45) is 86.2. The first-order valence-corrected chi connectivity index (χ1v) is 31.0. The molecule has 0 aliphatic rings. The van der Waals surface area contributed by atoms with Crippen molar-refractivity contribution in [1.82, 2.24) is 0 Å². The minimum Gasteiger partial charge on any atom is -0.462 e. The van der Waals surface area contributed by atoms with Gasteiger partial charge in [0.05, 0.1) is 0 Å². The second-order valence-electron chi connectivity index (χ2n) is 20.2. The molecular formula is C69H114O6. The zero-order chi connectivity index (χ0) is 54.3. The van der Waals surface area contributed by atoms with Crippen LogP contribution in [0.5, 0.6) is 0 Å². The van der Waals surface area contributed by atoms with Gasteiger partial charge in [0.2, 0.25) is 0 Å². The van der Waals surface area contributed by atoms with E-state index >= 15 is 0 Å². The number of carbonyl (C=O) groups excluding carboxylic acids is 3.